The predicted octanol–water partition coefficient (Wildman–Crippen LogP) is 6.03. The maximum Gasteiger partial charge on any atom is 0.0786 e. The molecule has 1 rings (SSSR count). The summed E-state index contributed by atoms with van der Waals surface area (Å²) in [4.78, 5) is 0. The SMILES string of the molecule is CCCC[N+](CCCC)(CCCC)CCCC.[CH]1[CH][CH][CH][CH]1. The maximum atomic E-state index is 2.33. The molecule has 5 radical (unpaired) electrons. The van der Waals surface area contributed by atoms with Gasteiger partial charge in [-0.3, -0.25) is 0 Å². The molecule has 22 heavy (non-hydrogen) atoms. The van der Waals surface area contributed by atoms with Gasteiger partial charge in [0.25, 0.3) is 0 Å². The molecule has 0 aromatic rings. The number of rotatable bonds is 12. The molecule has 1 fully saturated rings. The van der Waals surface area contributed by atoms with Gasteiger partial charge in [0.05, 0.1) is 26.2 Å². The Morgan fingerprint density at radius 3 is 0.864 bits per heavy atom. The van der Waals surface area contributed by atoms with Gasteiger partial charge in [0, 0.05) is 0 Å². The Morgan fingerprint density at radius 1 is 0.455 bits per heavy atom. The van der Waals surface area contributed by atoms with Crippen molar-refractivity contribution in [3.8, 4) is 0 Å². The third kappa shape index (κ3) is 11.5. The third-order valence-corrected chi connectivity index (χ3v) is 4.50. The first-order valence-electron chi connectivity index (χ1n) is 9.76. The van der Waals surface area contributed by atoms with Crippen molar-refractivity contribution in [1.82, 2.24) is 0 Å². The Labute approximate surface area is 142 Å². The lowest BCUT2D eigenvalue weighted by atomic mass is 10.1. The zero-order valence-corrected chi connectivity index (χ0v) is 15.8. The number of hydrogen-bond acceptors (Lipinski definition) is 0. The summed E-state index contributed by atoms with van der Waals surface area (Å²) in [5.41, 5.74) is 0. The molecule has 1 aliphatic rings. The van der Waals surface area contributed by atoms with E-state index in [1.165, 1.54) is 82.0 Å². The van der Waals surface area contributed by atoms with Gasteiger partial charge in [-0.2, -0.15) is 0 Å². The number of nitrogens with zero attached hydrogens (tertiary/aromatic N) is 1. The predicted molar refractivity (Wildman–Crippen MR) is 101 cm³/mol. The van der Waals surface area contributed by atoms with Crippen LogP contribution in [-0.4, -0.2) is 30.7 Å². The van der Waals surface area contributed by atoms with E-state index < -0.39 is 0 Å². The summed E-state index contributed by atoms with van der Waals surface area (Å²) >= 11 is 0. The van der Waals surface area contributed by atoms with E-state index in [0.29, 0.717) is 0 Å². The van der Waals surface area contributed by atoms with Crippen LogP contribution in [-0.2, 0) is 0 Å². The summed E-state index contributed by atoms with van der Waals surface area (Å²) in [5.74, 6) is 0. The largest absolute Gasteiger partial charge is 0.324 e. The van der Waals surface area contributed by atoms with Crippen LogP contribution in [0.25, 0.3) is 0 Å². The van der Waals surface area contributed by atoms with Gasteiger partial charge < -0.3 is 4.48 Å². The molecule has 1 nitrogen and oxygen atoms in total. The van der Waals surface area contributed by atoms with E-state index in [1.54, 1.807) is 0 Å². The second-order valence-electron chi connectivity index (χ2n) is 6.61. The number of unbranched alkanes of at least 4 members (excludes halogenated alkanes) is 4. The lowest BCUT2D eigenvalue weighted by Gasteiger charge is -2.39. The van der Waals surface area contributed by atoms with Crippen LogP contribution in [0, 0.1) is 32.1 Å². The van der Waals surface area contributed by atoms with Gasteiger partial charge in [0.2, 0.25) is 0 Å². The van der Waals surface area contributed by atoms with Gasteiger partial charge in [0.15, 0.2) is 0 Å². The molecule has 0 aromatic carbocycles. The van der Waals surface area contributed by atoms with Crippen molar-refractivity contribution in [2.24, 2.45) is 0 Å². The molecule has 0 saturated heterocycles. The highest BCUT2D eigenvalue weighted by molar-refractivity contribution is 5.25. The molecule has 0 amide bonds. The summed E-state index contributed by atoms with van der Waals surface area (Å²) in [6, 6.07) is 0. The van der Waals surface area contributed by atoms with Crippen molar-refractivity contribution >= 4 is 0 Å². The molecular formula is C21H41N+. The molecule has 0 N–H and O–H groups in total. The summed E-state index contributed by atoms with van der Waals surface area (Å²) in [6.45, 7) is 15.0. The van der Waals surface area contributed by atoms with Gasteiger partial charge in [0.1, 0.15) is 0 Å². The van der Waals surface area contributed by atoms with Crippen molar-refractivity contribution in [1.29, 1.82) is 0 Å². The standard InChI is InChI=1S/C16H36N.C5H5/c1-5-9-13-17(14-10-6-2,15-11-7-3)16-12-8-4;1-2-4-5-3-1/h5-16H2,1-4H3;1-5H/q+1;. The molecule has 0 aromatic heterocycles. The average Bonchev–Trinajstić information content (AvgIpc) is 3.13. The molecular weight excluding hydrogens is 266 g/mol. The average molecular weight is 308 g/mol. The highest BCUT2D eigenvalue weighted by Crippen LogP contribution is 2.16. The molecule has 1 saturated carbocycles. The first-order valence-corrected chi connectivity index (χ1v) is 9.76. The molecule has 0 bridgehead atoms. The molecule has 1 heteroatoms. The van der Waals surface area contributed by atoms with Crippen LogP contribution >= 0.6 is 0 Å². The lowest BCUT2D eigenvalue weighted by Crippen LogP contribution is -2.50. The lowest BCUT2D eigenvalue weighted by molar-refractivity contribution is -0.929. The second-order valence-corrected chi connectivity index (χ2v) is 6.61. The Kier molecular flexibility index (Phi) is 15.8. The minimum Gasteiger partial charge on any atom is -0.324 e. The van der Waals surface area contributed by atoms with Crippen molar-refractivity contribution in [3.63, 3.8) is 0 Å². The molecule has 0 atom stereocenters. The van der Waals surface area contributed by atoms with Crippen molar-refractivity contribution < 1.29 is 4.48 Å². The molecule has 1 aliphatic carbocycles. The monoisotopic (exact) mass is 307 g/mol. The first kappa shape index (κ1) is 22.0. The fraction of sp³-hybridized carbons (Fsp3) is 0.762. The van der Waals surface area contributed by atoms with Gasteiger partial charge in [-0.1, -0.05) is 53.4 Å². The fourth-order valence-electron chi connectivity index (χ4n) is 2.97. The molecule has 0 spiro atoms. The Balaban J connectivity index is 0.000000734. The number of hydrogen-bond donors (Lipinski definition) is 0. The number of quaternary nitrogens is 1. The first-order chi connectivity index (χ1) is 10.7. The van der Waals surface area contributed by atoms with Crippen LogP contribution in [0.3, 0.4) is 0 Å². The zero-order valence-electron chi connectivity index (χ0n) is 15.8. The van der Waals surface area contributed by atoms with E-state index in [4.69, 9.17) is 0 Å². The van der Waals surface area contributed by atoms with Crippen molar-refractivity contribution in [3.05, 3.63) is 32.1 Å². The van der Waals surface area contributed by atoms with E-state index in [2.05, 4.69) is 27.7 Å². The topological polar surface area (TPSA) is 0 Å². The normalized spacial score (nSPS) is 14.7. The molecule has 0 heterocycles. The molecule has 0 aliphatic heterocycles. The Bertz CT molecular complexity index is 163. The molecule has 129 valence electrons. The smallest absolute Gasteiger partial charge is 0.0786 e. The van der Waals surface area contributed by atoms with E-state index in [0.717, 1.165) is 0 Å². The van der Waals surface area contributed by atoms with Crippen LogP contribution in [0.15, 0.2) is 0 Å². The summed E-state index contributed by atoms with van der Waals surface area (Å²) in [5, 5.41) is 0. The van der Waals surface area contributed by atoms with E-state index in [9.17, 15) is 0 Å². The van der Waals surface area contributed by atoms with Gasteiger partial charge in [-0.25, -0.2) is 0 Å². The summed E-state index contributed by atoms with van der Waals surface area (Å²) in [6.07, 6.45) is 21.1. The van der Waals surface area contributed by atoms with Crippen molar-refractivity contribution in [2.45, 2.75) is 79.1 Å². The maximum absolute atomic E-state index is 2.33. The van der Waals surface area contributed by atoms with E-state index in [1.807, 2.05) is 32.1 Å². The Morgan fingerprint density at radius 2 is 0.682 bits per heavy atom. The van der Waals surface area contributed by atoms with E-state index >= 15 is 0 Å². The van der Waals surface area contributed by atoms with Crippen LogP contribution in [0.1, 0.15) is 79.1 Å². The van der Waals surface area contributed by atoms with Crippen LogP contribution in [0.4, 0.5) is 0 Å². The summed E-state index contributed by atoms with van der Waals surface area (Å²) < 4.78 is 1.42. The van der Waals surface area contributed by atoms with E-state index in [-0.39, 0.29) is 0 Å². The van der Waals surface area contributed by atoms with Gasteiger partial charge in [-0.05, 0) is 57.8 Å². The Hall–Kier alpha value is -0.0400. The second kappa shape index (κ2) is 15.8. The minimum atomic E-state index is 1.35. The van der Waals surface area contributed by atoms with Gasteiger partial charge >= 0.3 is 0 Å². The third-order valence-electron chi connectivity index (χ3n) is 4.50. The quantitative estimate of drug-likeness (QED) is 0.386. The van der Waals surface area contributed by atoms with Gasteiger partial charge in [-0.15, -0.1) is 0 Å². The van der Waals surface area contributed by atoms with Crippen LogP contribution in [0.2, 0.25) is 0 Å². The highest BCUT2D eigenvalue weighted by Gasteiger charge is 2.24. The molecule has 0 unspecified atom stereocenters. The summed E-state index contributed by atoms with van der Waals surface area (Å²) in [7, 11) is 0. The highest BCUT2D eigenvalue weighted by atomic mass is 15.3. The minimum absolute atomic E-state index is 1.35. The van der Waals surface area contributed by atoms with Crippen molar-refractivity contribution in [2.75, 3.05) is 26.2 Å². The zero-order chi connectivity index (χ0) is 16.5. The van der Waals surface area contributed by atoms with Crippen LogP contribution < -0.4 is 0 Å². The fourth-order valence-corrected chi connectivity index (χ4v) is 2.97. The van der Waals surface area contributed by atoms with Crippen LogP contribution in [0.5, 0.6) is 0 Å².